The van der Waals surface area contributed by atoms with Crippen LogP contribution in [0.25, 0.3) is 0 Å². The summed E-state index contributed by atoms with van der Waals surface area (Å²) in [5.41, 5.74) is 6.47. The molecular weight excluding hydrogens is 232 g/mol. The Labute approximate surface area is 86.4 Å². The zero-order valence-corrected chi connectivity index (χ0v) is 9.34. The average molecular weight is 245 g/mol. The molecule has 0 saturated carbocycles. The normalized spacial score (nSPS) is 10.5. The first-order chi connectivity index (χ1) is 6.13. The van der Waals surface area contributed by atoms with Crippen LogP contribution in [-0.4, -0.2) is 11.1 Å². The zero-order valence-electron chi connectivity index (χ0n) is 7.75. The van der Waals surface area contributed by atoms with Gasteiger partial charge >= 0.3 is 0 Å². The molecule has 0 aromatic carbocycles. The monoisotopic (exact) mass is 244 g/mol. The first-order valence-corrected chi connectivity index (χ1v) is 4.94. The van der Waals surface area contributed by atoms with Gasteiger partial charge in [-0.3, -0.25) is 0 Å². The van der Waals surface area contributed by atoms with Gasteiger partial charge in [-0.05, 0) is 35.8 Å². The van der Waals surface area contributed by atoms with Gasteiger partial charge in [0.15, 0.2) is 0 Å². The molecule has 0 aliphatic carbocycles. The smallest absolute Gasteiger partial charge is 0.218 e. The van der Waals surface area contributed by atoms with Gasteiger partial charge in [-0.2, -0.15) is 0 Å². The predicted molar refractivity (Wildman–Crippen MR) is 55.6 cm³/mol. The first-order valence-electron chi connectivity index (χ1n) is 4.14. The van der Waals surface area contributed by atoms with Gasteiger partial charge in [-0.25, -0.2) is 4.98 Å². The summed E-state index contributed by atoms with van der Waals surface area (Å²) >= 11 is 3.33. The summed E-state index contributed by atoms with van der Waals surface area (Å²) in [5, 5.41) is 0. The lowest BCUT2D eigenvalue weighted by Gasteiger charge is -2.11. The molecule has 0 radical (unpaired) electrons. The molecule has 72 valence electrons. The maximum absolute atomic E-state index is 5.55. The molecule has 2 N–H and O–H groups in total. The Bertz CT molecular complexity index is 289. The minimum Gasteiger partial charge on any atom is -0.475 e. The van der Waals surface area contributed by atoms with Crippen LogP contribution in [0.3, 0.4) is 0 Å². The van der Waals surface area contributed by atoms with Crippen molar-refractivity contribution in [2.24, 2.45) is 5.73 Å². The Balaban J connectivity index is 2.92. The highest BCUT2D eigenvalue weighted by Crippen LogP contribution is 2.20. The van der Waals surface area contributed by atoms with E-state index in [0.29, 0.717) is 12.4 Å². The fourth-order valence-electron chi connectivity index (χ4n) is 0.944. The Morgan fingerprint density at radius 1 is 1.62 bits per heavy atom. The molecule has 1 rings (SSSR count). The lowest BCUT2D eigenvalue weighted by Crippen LogP contribution is -2.10. The topological polar surface area (TPSA) is 48.1 Å². The zero-order chi connectivity index (χ0) is 9.84. The summed E-state index contributed by atoms with van der Waals surface area (Å²) in [5.74, 6) is 0.626. The number of ether oxygens (including phenoxy) is 1. The van der Waals surface area contributed by atoms with E-state index in [1.165, 1.54) is 0 Å². The second kappa shape index (κ2) is 4.58. The minimum absolute atomic E-state index is 0.124. The van der Waals surface area contributed by atoms with Crippen LogP contribution in [0.4, 0.5) is 0 Å². The molecule has 1 heterocycles. The Kier molecular flexibility index (Phi) is 3.69. The van der Waals surface area contributed by atoms with E-state index in [1.54, 1.807) is 6.20 Å². The molecule has 0 aliphatic rings. The lowest BCUT2D eigenvalue weighted by atomic mass is 10.3. The maximum Gasteiger partial charge on any atom is 0.218 e. The van der Waals surface area contributed by atoms with Gasteiger partial charge in [-0.1, -0.05) is 0 Å². The fourth-order valence-corrected chi connectivity index (χ4v) is 1.32. The van der Waals surface area contributed by atoms with Crippen molar-refractivity contribution in [1.29, 1.82) is 0 Å². The van der Waals surface area contributed by atoms with Crippen molar-refractivity contribution in [3.8, 4) is 5.88 Å². The maximum atomic E-state index is 5.55. The van der Waals surface area contributed by atoms with Gasteiger partial charge in [0.05, 0.1) is 6.10 Å². The van der Waals surface area contributed by atoms with Crippen molar-refractivity contribution in [1.82, 2.24) is 4.98 Å². The van der Waals surface area contributed by atoms with Crippen LogP contribution in [0, 0.1) is 0 Å². The van der Waals surface area contributed by atoms with Crippen LogP contribution in [0.1, 0.15) is 19.4 Å². The number of hydrogen-bond donors (Lipinski definition) is 1. The molecule has 3 nitrogen and oxygen atoms in total. The molecule has 0 fully saturated rings. The second-order valence-electron chi connectivity index (χ2n) is 2.99. The van der Waals surface area contributed by atoms with E-state index in [9.17, 15) is 0 Å². The molecule has 1 aromatic heterocycles. The van der Waals surface area contributed by atoms with Crippen molar-refractivity contribution in [3.63, 3.8) is 0 Å². The summed E-state index contributed by atoms with van der Waals surface area (Å²) in [6, 6.07) is 1.92. The summed E-state index contributed by atoms with van der Waals surface area (Å²) in [6.07, 6.45) is 1.83. The van der Waals surface area contributed by atoms with Gasteiger partial charge < -0.3 is 10.5 Å². The first kappa shape index (κ1) is 10.5. The third-order valence-corrected chi connectivity index (χ3v) is 1.89. The van der Waals surface area contributed by atoms with E-state index in [0.717, 1.165) is 10.0 Å². The predicted octanol–water partition coefficient (Wildman–Crippen LogP) is 2.09. The highest BCUT2D eigenvalue weighted by Gasteiger charge is 2.05. The largest absolute Gasteiger partial charge is 0.475 e. The van der Waals surface area contributed by atoms with Gasteiger partial charge in [0.25, 0.3) is 0 Å². The average Bonchev–Trinajstić information content (AvgIpc) is 2.07. The number of rotatable bonds is 3. The molecule has 0 spiro atoms. The van der Waals surface area contributed by atoms with E-state index in [2.05, 4.69) is 20.9 Å². The van der Waals surface area contributed by atoms with E-state index < -0.39 is 0 Å². The minimum atomic E-state index is 0.124. The molecule has 0 atom stereocenters. The summed E-state index contributed by atoms with van der Waals surface area (Å²) in [7, 11) is 0. The Morgan fingerprint density at radius 3 is 2.85 bits per heavy atom. The van der Waals surface area contributed by atoms with Gasteiger partial charge in [-0.15, -0.1) is 0 Å². The number of pyridine rings is 1. The molecule has 0 amide bonds. The summed E-state index contributed by atoms with van der Waals surface area (Å²) in [4.78, 5) is 4.14. The number of aromatic nitrogens is 1. The molecule has 1 aromatic rings. The molecule has 0 aliphatic heterocycles. The van der Waals surface area contributed by atoms with E-state index >= 15 is 0 Å². The van der Waals surface area contributed by atoms with Crippen LogP contribution >= 0.6 is 15.9 Å². The fraction of sp³-hybridized carbons (Fsp3) is 0.444. The van der Waals surface area contributed by atoms with Crippen LogP contribution in [0.5, 0.6) is 5.88 Å². The third kappa shape index (κ3) is 2.97. The number of hydrogen-bond acceptors (Lipinski definition) is 3. The van der Waals surface area contributed by atoms with Crippen LogP contribution in [0.15, 0.2) is 16.7 Å². The standard InChI is InChI=1S/C9H13BrN2O/c1-6(2)13-9-7(4-11)3-8(10)5-12-9/h3,5-6H,4,11H2,1-2H3. The summed E-state index contributed by atoms with van der Waals surface area (Å²) < 4.78 is 6.40. The van der Waals surface area contributed by atoms with Crippen molar-refractivity contribution < 1.29 is 4.74 Å². The van der Waals surface area contributed by atoms with Gasteiger partial charge in [0.1, 0.15) is 0 Å². The van der Waals surface area contributed by atoms with Gasteiger partial charge in [0, 0.05) is 22.8 Å². The number of nitrogens with two attached hydrogens (primary N) is 1. The highest BCUT2D eigenvalue weighted by atomic mass is 79.9. The highest BCUT2D eigenvalue weighted by molar-refractivity contribution is 9.10. The van der Waals surface area contributed by atoms with Crippen molar-refractivity contribution in [2.75, 3.05) is 0 Å². The molecule has 13 heavy (non-hydrogen) atoms. The van der Waals surface area contributed by atoms with Crippen LogP contribution in [0.2, 0.25) is 0 Å². The third-order valence-electron chi connectivity index (χ3n) is 1.46. The SMILES string of the molecule is CC(C)Oc1ncc(Br)cc1CN. The van der Waals surface area contributed by atoms with Crippen molar-refractivity contribution in [2.45, 2.75) is 26.5 Å². The van der Waals surface area contributed by atoms with Crippen LogP contribution in [-0.2, 0) is 6.54 Å². The van der Waals surface area contributed by atoms with E-state index in [1.807, 2.05) is 19.9 Å². The lowest BCUT2D eigenvalue weighted by molar-refractivity contribution is 0.230. The van der Waals surface area contributed by atoms with Crippen LogP contribution < -0.4 is 10.5 Å². The second-order valence-corrected chi connectivity index (χ2v) is 3.90. The molecule has 0 bridgehead atoms. The Hall–Kier alpha value is -0.610. The summed E-state index contributed by atoms with van der Waals surface area (Å²) in [6.45, 7) is 4.36. The number of halogens is 1. The van der Waals surface area contributed by atoms with Crippen molar-refractivity contribution >= 4 is 15.9 Å². The van der Waals surface area contributed by atoms with E-state index in [4.69, 9.17) is 10.5 Å². The molecular formula is C9H13BrN2O. The van der Waals surface area contributed by atoms with Crippen molar-refractivity contribution in [3.05, 3.63) is 22.3 Å². The van der Waals surface area contributed by atoms with E-state index in [-0.39, 0.29) is 6.10 Å². The molecule has 0 saturated heterocycles. The Morgan fingerprint density at radius 2 is 2.31 bits per heavy atom. The van der Waals surface area contributed by atoms with Gasteiger partial charge in [0.2, 0.25) is 5.88 Å². The number of nitrogens with zero attached hydrogens (tertiary/aromatic N) is 1. The quantitative estimate of drug-likeness (QED) is 0.886. The molecule has 4 heteroatoms. The molecule has 0 unspecified atom stereocenters.